The second kappa shape index (κ2) is 8.89. The molecule has 0 aliphatic carbocycles. The van der Waals surface area contributed by atoms with Crippen molar-refractivity contribution in [2.75, 3.05) is 11.9 Å². The molecule has 0 bridgehead atoms. The summed E-state index contributed by atoms with van der Waals surface area (Å²) in [6.07, 6.45) is 2.70. The number of hydrogen-bond acceptors (Lipinski definition) is 3. The van der Waals surface area contributed by atoms with Crippen molar-refractivity contribution >= 4 is 11.6 Å². The molecule has 2 aromatic carbocycles. The van der Waals surface area contributed by atoms with Gasteiger partial charge in [0.1, 0.15) is 11.4 Å². The van der Waals surface area contributed by atoms with Crippen LogP contribution in [0.2, 0.25) is 0 Å². The van der Waals surface area contributed by atoms with Crippen LogP contribution >= 0.6 is 0 Å². The molecule has 0 radical (unpaired) electrons. The predicted octanol–water partition coefficient (Wildman–Crippen LogP) is 6.04. The summed E-state index contributed by atoms with van der Waals surface area (Å²) in [5.41, 5.74) is 2.15. The monoisotopic (exact) mass is 394 g/mol. The number of nitrogens with one attached hydrogen (secondary N) is 1. The second-order valence-corrected chi connectivity index (χ2v) is 8.37. The third kappa shape index (κ3) is 4.12. The summed E-state index contributed by atoms with van der Waals surface area (Å²) in [7, 11) is 0. The molecule has 3 rings (SSSR count). The molecular formula is C25H34N2O2. The number of nitrogens with zero attached hydrogens (tertiary/aromatic N) is 1. The highest BCUT2D eigenvalue weighted by Gasteiger charge is 2.46. The van der Waals surface area contributed by atoms with Crippen molar-refractivity contribution < 1.29 is 9.53 Å². The van der Waals surface area contributed by atoms with Gasteiger partial charge in [-0.05, 0) is 61.9 Å². The highest BCUT2D eigenvalue weighted by molar-refractivity contribution is 6.02. The van der Waals surface area contributed by atoms with Gasteiger partial charge in [0.25, 0.3) is 5.91 Å². The number of rotatable bonds is 8. The standard InChI is InChI=1S/C25H34N2O2/c1-6-19(5)27-24(28)22-10-8-9-11-23(22)26-25(27,7-2)20-12-14-21(15-13-20)29-17-16-18(3)4/h8-15,18-19,26H,6-7,16-17H2,1-5H3. The molecule has 29 heavy (non-hydrogen) atoms. The average Bonchev–Trinajstić information content (AvgIpc) is 2.73. The lowest BCUT2D eigenvalue weighted by molar-refractivity contribution is 0.0335. The Kier molecular flexibility index (Phi) is 6.51. The van der Waals surface area contributed by atoms with Crippen molar-refractivity contribution in [1.82, 2.24) is 4.90 Å². The molecule has 2 aromatic rings. The van der Waals surface area contributed by atoms with Crippen LogP contribution in [-0.2, 0) is 5.66 Å². The molecule has 1 heterocycles. The smallest absolute Gasteiger partial charge is 0.258 e. The summed E-state index contributed by atoms with van der Waals surface area (Å²) in [6.45, 7) is 11.5. The van der Waals surface area contributed by atoms with Gasteiger partial charge in [-0.3, -0.25) is 4.79 Å². The van der Waals surface area contributed by atoms with Gasteiger partial charge in [0.2, 0.25) is 0 Å². The Morgan fingerprint density at radius 3 is 2.34 bits per heavy atom. The number of benzene rings is 2. The van der Waals surface area contributed by atoms with Crippen molar-refractivity contribution in [3.8, 4) is 5.75 Å². The van der Waals surface area contributed by atoms with Crippen LogP contribution in [0.3, 0.4) is 0 Å². The summed E-state index contributed by atoms with van der Waals surface area (Å²) >= 11 is 0. The van der Waals surface area contributed by atoms with E-state index >= 15 is 0 Å². The second-order valence-electron chi connectivity index (χ2n) is 8.37. The molecule has 0 saturated carbocycles. The number of fused-ring (bicyclic) bond motifs is 1. The summed E-state index contributed by atoms with van der Waals surface area (Å²) in [4.78, 5) is 15.5. The molecule has 0 aromatic heterocycles. The van der Waals surface area contributed by atoms with E-state index in [0.29, 0.717) is 5.92 Å². The maximum Gasteiger partial charge on any atom is 0.258 e. The van der Waals surface area contributed by atoms with E-state index in [1.807, 2.05) is 41.3 Å². The molecule has 0 spiro atoms. The molecule has 1 amide bonds. The van der Waals surface area contributed by atoms with Gasteiger partial charge in [0, 0.05) is 11.7 Å². The Morgan fingerprint density at radius 2 is 1.72 bits per heavy atom. The predicted molar refractivity (Wildman–Crippen MR) is 119 cm³/mol. The minimum atomic E-state index is -0.572. The summed E-state index contributed by atoms with van der Waals surface area (Å²) in [5, 5.41) is 3.71. The highest BCUT2D eigenvalue weighted by atomic mass is 16.5. The van der Waals surface area contributed by atoms with Crippen LogP contribution in [0.1, 0.15) is 69.8 Å². The number of amides is 1. The third-order valence-corrected chi connectivity index (χ3v) is 5.97. The Labute approximate surface area is 175 Å². The van der Waals surface area contributed by atoms with E-state index in [4.69, 9.17) is 4.74 Å². The Hall–Kier alpha value is -2.49. The van der Waals surface area contributed by atoms with Crippen LogP contribution < -0.4 is 10.1 Å². The lowest BCUT2D eigenvalue weighted by Gasteiger charge is -2.51. The first-order valence-corrected chi connectivity index (χ1v) is 10.9. The first-order chi connectivity index (χ1) is 13.9. The van der Waals surface area contributed by atoms with Gasteiger partial charge in [-0.15, -0.1) is 0 Å². The first-order valence-electron chi connectivity index (χ1n) is 10.9. The number of ether oxygens (including phenoxy) is 1. The Bertz CT molecular complexity index is 831. The normalized spacial score (nSPS) is 19.7. The van der Waals surface area contributed by atoms with Gasteiger partial charge >= 0.3 is 0 Å². The zero-order chi connectivity index (χ0) is 21.0. The molecule has 156 valence electrons. The van der Waals surface area contributed by atoms with Crippen molar-refractivity contribution in [1.29, 1.82) is 0 Å². The minimum absolute atomic E-state index is 0.0906. The van der Waals surface area contributed by atoms with Crippen molar-refractivity contribution in [3.05, 3.63) is 59.7 Å². The van der Waals surface area contributed by atoms with Gasteiger partial charge < -0.3 is 15.0 Å². The third-order valence-electron chi connectivity index (χ3n) is 5.97. The quantitative estimate of drug-likeness (QED) is 0.593. The van der Waals surface area contributed by atoms with E-state index in [1.165, 1.54) is 0 Å². The van der Waals surface area contributed by atoms with Crippen LogP contribution in [0, 0.1) is 5.92 Å². The van der Waals surface area contributed by atoms with E-state index < -0.39 is 5.66 Å². The van der Waals surface area contributed by atoms with Gasteiger partial charge in [-0.25, -0.2) is 0 Å². The van der Waals surface area contributed by atoms with E-state index in [0.717, 1.165) is 48.4 Å². The summed E-state index contributed by atoms with van der Waals surface area (Å²) < 4.78 is 5.90. The SMILES string of the molecule is CCC(C)N1C(=O)c2ccccc2NC1(CC)c1ccc(OCCC(C)C)cc1. The zero-order valence-electron chi connectivity index (χ0n) is 18.4. The summed E-state index contributed by atoms with van der Waals surface area (Å²) in [6, 6.07) is 16.2. The average molecular weight is 395 g/mol. The van der Waals surface area contributed by atoms with Gasteiger partial charge in [-0.1, -0.05) is 52.0 Å². The molecule has 2 unspecified atom stereocenters. The van der Waals surface area contributed by atoms with E-state index in [9.17, 15) is 4.79 Å². The molecule has 1 N–H and O–H groups in total. The molecule has 1 aliphatic heterocycles. The van der Waals surface area contributed by atoms with Crippen molar-refractivity contribution in [2.24, 2.45) is 5.92 Å². The highest BCUT2D eigenvalue weighted by Crippen LogP contribution is 2.42. The number of hydrogen-bond donors (Lipinski definition) is 1. The molecule has 0 saturated heterocycles. The van der Waals surface area contributed by atoms with Crippen LogP contribution in [0.25, 0.3) is 0 Å². The van der Waals surface area contributed by atoms with E-state index in [1.54, 1.807) is 0 Å². The van der Waals surface area contributed by atoms with Crippen LogP contribution in [-0.4, -0.2) is 23.5 Å². The number of para-hydroxylation sites is 1. The Balaban J connectivity index is 1.97. The maximum atomic E-state index is 13.5. The maximum absolute atomic E-state index is 13.5. The molecule has 1 aliphatic rings. The zero-order valence-corrected chi connectivity index (χ0v) is 18.4. The van der Waals surface area contributed by atoms with Gasteiger partial charge in [0.15, 0.2) is 0 Å². The fraction of sp³-hybridized carbons (Fsp3) is 0.480. The number of carbonyl (C=O) groups excluding carboxylic acids is 1. The first kappa shape index (κ1) is 21.2. The topological polar surface area (TPSA) is 41.6 Å². The molecule has 4 heteroatoms. The minimum Gasteiger partial charge on any atom is -0.494 e. The van der Waals surface area contributed by atoms with Gasteiger partial charge in [-0.2, -0.15) is 0 Å². The van der Waals surface area contributed by atoms with E-state index in [-0.39, 0.29) is 11.9 Å². The molecule has 2 atom stereocenters. The summed E-state index contributed by atoms with van der Waals surface area (Å²) in [5.74, 6) is 1.59. The molecule has 4 nitrogen and oxygen atoms in total. The number of anilines is 1. The van der Waals surface area contributed by atoms with E-state index in [2.05, 4.69) is 52.1 Å². The largest absolute Gasteiger partial charge is 0.494 e. The fourth-order valence-electron chi connectivity index (χ4n) is 4.04. The van der Waals surface area contributed by atoms with Crippen molar-refractivity contribution in [3.63, 3.8) is 0 Å². The molecule has 0 fully saturated rings. The lowest BCUT2D eigenvalue weighted by atomic mass is 9.88. The van der Waals surface area contributed by atoms with Gasteiger partial charge in [0.05, 0.1) is 12.2 Å². The molecular weight excluding hydrogens is 360 g/mol. The fourth-order valence-corrected chi connectivity index (χ4v) is 4.04. The van der Waals surface area contributed by atoms with Crippen LogP contribution in [0.4, 0.5) is 5.69 Å². The van der Waals surface area contributed by atoms with Crippen LogP contribution in [0.5, 0.6) is 5.75 Å². The van der Waals surface area contributed by atoms with Crippen LogP contribution in [0.15, 0.2) is 48.5 Å². The Morgan fingerprint density at radius 1 is 1.03 bits per heavy atom. The lowest BCUT2D eigenvalue weighted by Crippen LogP contribution is -2.60. The van der Waals surface area contributed by atoms with Crippen molar-refractivity contribution in [2.45, 2.75) is 65.6 Å². The number of carbonyl (C=O) groups is 1.